The molecule has 1 heterocycles. The average Bonchev–Trinajstić information content (AvgIpc) is 2.85. The second kappa shape index (κ2) is 7.54. The molecule has 0 aliphatic carbocycles. The number of nitrogens with one attached hydrogen (secondary N) is 1. The highest BCUT2D eigenvalue weighted by molar-refractivity contribution is 6.31. The van der Waals surface area contributed by atoms with E-state index in [1.165, 1.54) is 18.6 Å². The second-order valence-electron chi connectivity index (χ2n) is 6.18. The van der Waals surface area contributed by atoms with Gasteiger partial charge in [0.1, 0.15) is 5.82 Å². The van der Waals surface area contributed by atoms with Crippen LogP contribution in [0.2, 0.25) is 5.02 Å². The van der Waals surface area contributed by atoms with Crippen LogP contribution in [0.5, 0.6) is 0 Å². The van der Waals surface area contributed by atoms with Crippen molar-refractivity contribution in [2.75, 3.05) is 39.9 Å². The zero-order valence-electron chi connectivity index (χ0n) is 12.8. The van der Waals surface area contributed by atoms with Crippen molar-refractivity contribution in [3.05, 3.63) is 34.6 Å². The largest absolute Gasteiger partial charge is 0.383 e. The van der Waals surface area contributed by atoms with E-state index in [4.69, 9.17) is 16.3 Å². The fourth-order valence-corrected chi connectivity index (χ4v) is 3.10. The van der Waals surface area contributed by atoms with Crippen LogP contribution in [0, 0.1) is 11.2 Å². The summed E-state index contributed by atoms with van der Waals surface area (Å²) in [6, 6.07) is 4.62. The first-order valence-corrected chi connectivity index (χ1v) is 7.76. The first kappa shape index (κ1) is 16.7. The summed E-state index contributed by atoms with van der Waals surface area (Å²) in [7, 11) is 1.71. The van der Waals surface area contributed by atoms with Crippen LogP contribution in [-0.2, 0) is 11.3 Å². The first-order chi connectivity index (χ1) is 10.0. The minimum atomic E-state index is -0.292. The minimum absolute atomic E-state index is 0.278. The number of hydrogen-bond donors (Lipinski definition) is 1. The monoisotopic (exact) mass is 314 g/mol. The summed E-state index contributed by atoms with van der Waals surface area (Å²) in [6.07, 6.45) is 1.17. The maximum Gasteiger partial charge on any atom is 0.124 e. The molecule has 1 aromatic rings. The Kier molecular flexibility index (Phi) is 5.99. The Morgan fingerprint density at radius 1 is 1.48 bits per heavy atom. The molecule has 0 saturated carbocycles. The molecule has 1 atom stereocenters. The summed E-state index contributed by atoms with van der Waals surface area (Å²) in [5, 5.41) is 3.92. The van der Waals surface area contributed by atoms with Gasteiger partial charge in [0.25, 0.3) is 0 Å². The summed E-state index contributed by atoms with van der Waals surface area (Å²) in [5.41, 5.74) is 1.24. The van der Waals surface area contributed by atoms with E-state index in [9.17, 15) is 4.39 Å². The van der Waals surface area contributed by atoms with Crippen LogP contribution in [0.25, 0.3) is 0 Å². The van der Waals surface area contributed by atoms with Crippen LogP contribution < -0.4 is 5.32 Å². The molecule has 0 bridgehead atoms. The van der Waals surface area contributed by atoms with Crippen molar-refractivity contribution in [2.45, 2.75) is 19.9 Å². The highest BCUT2D eigenvalue weighted by Crippen LogP contribution is 2.27. The second-order valence-corrected chi connectivity index (χ2v) is 6.58. The third-order valence-electron chi connectivity index (χ3n) is 4.08. The van der Waals surface area contributed by atoms with E-state index in [0.29, 0.717) is 11.6 Å². The molecule has 1 N–H and O–H groups in total. The third kappa shape index (κ3) is 4.92. The van der Waals surface area contributed by atoms with Gasteiger partial charge in [-0.15, -0.1) is 0 Å². The van der Waals surface area contributed by atoms with Gasteiger partial charge in [-0.3, -0.25) is 4.90 Å². The molecule has 0 aromatic heterocycles. The molecule has 1 aliphatic heterocycles. The summed E-state index contributed by atoms with van der Waals surface area (Å²) >= 11 is 6.15. The predicted octanol–water partition coefficient (Wildman–Crippen LogP) is 2.93. The third-order valence-corrected chi connectivity index (χ3v) is 4.43. The Morgan fingerprint density at radius 2 is 2.29 bits per heavy atom. The SMILES string of the molecule is COCCN(Cc1ccc(F)cc1Cl)CC1(C)CCNC1. The number of hydrogen-bond acceptors (Lipinski definition) is 3. The molecular weight excluding hydrogens is 291 g/mol. The molecule has 5 heteroatoms. The van der Waals surface area contributed by atoms with Crippen LogP contribution in [0.15, 0.2) is 18.2 Å². The Labute approximate surface area is 131 Å². The Bertz CT molecular complexity index is 464. The maximum absolute atomic E-state index is 13.1. The molecule has 1 aliphatic rings. The van der Waals surface area contributed by atoms with Gasteiger partial charge < -0.3 is 10.1 Å². The zero-order valence-corrected chi connectivity index (χ0v) is 13.5. The van der Waals surface area contributed by atoms with Crippen LogP contribution in [0.4, 0.5) is 4.39 Å². The van der Waals surface area contributed by atoms with Gasteiger partial charge in [-0.1, -0.05) is 24.6 Å². The summed E-state index contributed by atoms with van der Waals surface area (Å²) in [6.45, 7) is 7.65. The van der Waals surface area contributed by atoms with Gasteiger partial charge in [-0.05, 0) is 36.1 Å². The Hall–Kier alpha value is -0.680. The molecule has 2 rings (SSSR count). The molecule has 0 amide bonds. The molecule has 1 aromatic carbocycles. The molecule has 1 fully saturated rings. The number of halogens is 2. The van der Waals surface area contributed by atoms with Crippen molar-refractivity contribution >= 4 is 11.6 Å². The van der Waals surface area contributed by atoms with Crippen molar-refractivity contribution in [1.29, 1.82) is 0 Å². The first-order valence-electron chi connectivity index (χ1n) is 7.38. The number of ether oxygens (including phenoxy) is 1. The zero-order chi connectivity index (χ0) is 15.3. The molecule has 3 nitrogen and oxygen atoms in total. The molecule has 1 saturated heterocycles. The van der Waals surface area contributed by atoms with Crippen LogP contribution in [-0.4, -0.2) is 44.8 Å². The smallest absolute Gasteiger partial charge is 0.124 e. The molecule has 1 unspecified atom stereocenters. The molecule has 118 valence electrons. The van der Waals surface area contributed by atoms with E-state index in [1.54, 1.807) is 13.2 Å². The highest BCUT2D eigenvalue weighted by Gasteiger charge is 2.30. The number of methoxy groups -OCH3 is 1. The lowest BCUT2D eigenvalue weighted by Gasteiger charge is -2.32. The number of nitrogens with zero attached hydrogens (tertiary/aromatic N) is 1. The molecule has 0 radical (unpaired) electrons. The van der Waals surface area contributed by atoms with Crippen LogP contribution >= 0.6 is 11.6 Å². The Balaban J connectivity index is 2.04. The molecule has 21 heavy (non-hydrogen) atoms. The van der Waals surface area contributed by atoms with Crippen molar-refractivity contribution in [2.24, 2.45) is 5.41 Å². The van der Waals surface area contributed by atoms with Crippen LogP contribution in [0.3, 0.4) is 0 Å². The lowest BCUT2D eigenvalue weighted by Crippen LogP contribution is -2.38. The fraction of sp³-hybridized carbons (Fsp3) is 0.625. The number of benzene rings is 1. The van der Waals surface area contributed by atoms with Crippen molar-refractivity contribution in [3.8, 4) is 0 Å². The minimum Gasteiger partial charge on any atom is -0.383 e. The standard InChI is InChI=1S/C16H24ClFN2O/c1-16(5-6-19-11-16)12-20(7-8-21-2)10-13-3-4-14(18)9-15(13)17/h3-4,9,19H,5-8,10-12H2,1-2H3. The molecular formula is C16H24ClFN2O. The van der Waals surface area contributed by atoms with Gasteiger partial charge in [0.15, 0.2) is 0 Å². The van der Waals surface area contributed by atoms with Gasteiger partial charge in [0.2, 0.25) is 0 Å². The normalized spacial score (nSPS) is 22.1. The van der Waals surface area contributed by atoms with E-state index >= 15 is 0 Å². The van der Waals surface area contributed by atoms with E-state index in [2.05, 4.69) is 17.1 Å². The van der Waals surface area contributed by atoms with Crippen molar-refractivity contribution in [1.82, 2.24) is 10.2 Å². The van der Waals surface area contributed by atoms with Crippen LogP contribution in [0.1, 0.15) is 18.9 Å². The van der Waals surface area contributed by atoms with E-state index in [-0.39, 0.29) is 11.2 Å². The number of rotatable bonds is 7. The maximum atomic E-state index is 13.1. The summed E-state index contributed by atoms with van der Waals surface area (Å²) in [4.78, 5) is 2.34. The summed E-state index contributed by atoms with van der Waals surface area (Å²) < 4.78 is 18.4. The van der Waals surface area contributed by atoms with Gasteiger partial charge in [-0.25, -0.2) is 4.39 Å². The quantitative estimate of drug-likeness (QED) is 0.837. The molecule has 0 spiro atoms. The predicted molar refractivity (Wildman–Crippen MR) is 84.2 cm³/mol. The average molecular weight is 315 g/mol. The lowest BCUT2D eigenvalue weighted by atomic mass is 9.89. The van der Waals surface area contributed by atoms with Gasteiger partial charge >= 0.3 is 0 Å². The van der Waals surface area contributed by atoms with E-state index in [1.807, 2.05) is 0 Å². The van der Waals surface area contributed by atoms with Gasteiger partial charge in [0, 0.05) is 38.3 Å². The highest BCUT2D eigenvalue weighted by atomic mass is 35.5. The van der Waals surface area contributed by atoms with E-state index < -0.39 is 0 Å². The fourth-order valence-electron chi connectivity index (χ4n) is 2.87. The van der Waals surface area contributed by atoms with Crippen molar-refractivity contribution in [3.63, 3.8) is 0 Å². The van der Waals surface area contributed by atoms with Gasteiger partial charge in [-0.2, -0.15) is 0 Å². The van der Waals surface area contributed by atoms with E-state index in [0.717, 1.165) is 38.3 Å². The Morgan fingerprint density at radius 3 is 2.90 bits per heavy atom. The summed E-state index contributed by atoms with van der Waals surface area (Å²) in [5.74, 6) is -0.292. The van der Waals surface area contributed by atoms with Gasteiger partial charge in [0.05, 0.1) is 6.61 Å². The van der Waals surface area contributed by atoms with Crippen molar-refractivity contribution < 1.29 is 9.13 Å². The lowest BCUT2D eigenvalue weighted by molar-refractivity contribution is 0.113. The topological polar surface area (TPSA) is 24.5 Å².